The maximum atomic E-state index is 12.3. The van der Waals surface area contributed by atoms with Crippen molar-refractivity contribution < 1.29 is 9.72 Å². The molecule has 0 radical (unpaired) electrons. The van der Waals surface area contributed by atoms with E-state index in [9.17, 15) is 14.9 Å². The van der Waals surface area contributed by atoms with Crippen LogP contribution in [0.1, 0.15) is 22.8 Å². The summed E-state index contributed by atoms with van der Waals surface area (Å²) < 4.78 is 0. The topological polar surface area (TPSA) is 89.5 Å². The molecule has 1 aliphatic rings. The summed E-state index contributed by atoms with van der Waals surface area (Å²) in [4.78, 5) is 24.3. The Morgan fingerprint density at radius 3 is 2.89 bits per heavy atom. The molecule has 2 rings (SSSR count). The Labute approximate surface area is 111 Å². The summed E-state index contributed by atoms with van der Waals surface area (Å²) in [6, 6.07) is 4.50. The molecule has 0 saturated heterocycles. The van der Waals surface area contributed by atoms with E-state index in [2.05, 4.69) is 0 Å². The molecule has 1 aromatic rings. The largest absolute Gasteiger partial charge is 0.338 e. The first-order valence-corrected chi connectivity index (χ1v) is 6.29. The number of carbonyl (C=O) groups is 1. The number of hydrogen-bond acceptors (Lipinski definition) is 4. The van der Waals surface area contributed by atoms with Crippen molar-refractivity contribution in [1.29, 1.82) is 0 Å². The molecule has 0 aliphatic carbocycles. The number of nitrogens with zero attached hydrogens (tertiary/aromatic N) is 2. The van der Waals surface area contributed by atoms with Crippen LogP contribution in [0.15, 0.2) is 18.2 Å². The van der Waals surface area contributed by atoms with Gasteiger partial charge in [-0.1, -0.05) is 13.0 Å². The number of nitro groups is 1. The number of fused-ring (bicyclic) bond motifs is 1. The molecule has 6 nitrogen and oxygen atoms in total. The average Bonchev–Trinajstić information content (AvgIpc) is 2.41. The number of benzene rings is 1. The molecule has 19 heavy (non-hydrogen) atoms. The molecule has 6 heteroatoms. The van der Waals surface area contributed by atoms with Gasteiger partial charge in [-0.25, -0.2) is 0 Å². The fourth-order valence-electron chi connectivity index (χ4n) is 2.25. The highest BCUT2D eigenvalue weighted by Crippen LogP contribution is 2.24. The van der Waals surface area contributed by atoms with Crippen LogP contribution in [-0.4, -0.2) is 35.4 Å². The second-order valence-electron chi connectivity index (χ2n) is 4.94. The number of hydrogen-bond donors (Lipinski definition) is 1. The van der Waals surface area contributed by atoms with Crippen LogP contribution in [0.5, 0.6) is 0 Å². The quantitative estimate of drug-likeness (QED) is 0.652. The van der Waals surface area contributed by atoms with Crippen LogP contribution < -0.4 is 5.73 Å². The van der Waals surface area contributed by atoms with Crippen molar-refractivity contribution in [2.45, 2.75) is 13.3 Å². The Bertz CT molecular complexity index is 516. The molecule has 1 aliphatic heterocycles. The van der Waals surface area contributed by atoms with E-state index in [1.807, 2.05) is 6.92 Å². The molecular weight excluding hydrogens is 246 g/mol. The summed E-state index contributed by atoms with van der Waals surface area (Å²) in [5, 5.41) is 10.8. The van der Waals surface area contributed by atoms with Gasteiger partial charge in [-0.15, -0.1) is 0 Å². The van der Waals surface area contributed by atoms with Crippen LogP contribution in [0.25, 0.3) is 0 Å². The minimum atomic E-state index is -0.477. The van der Waals surface area contributed by atoms with Gasteiger partial charge in [0.2, 0.25) is 0 Å². The standard InChI is InChI=1S/C13H17N3O3/c1-9(7-14)8-15-5-4-10-2-3-11(16(18)19)6-12(10)13(15)17/h2-3,6,9H,4-5,7-8,14H2,1H3. The normalized spacial score (nSPS) is 16.1. The molecule has 1 atom stereocenters. The fourth-order valence-corrected chi connectivity index (χ4v) is 2.25. The van der Waals surface area contributed by atoms with Crippen LogP contribution in [-0.2, 0) is 6.42 Å². The maximum absolute atomic E-state index is 12.3. The molecule has 0 bridgehead atoms. The lowest BCUT2D eigenvalue weighted by Crippen LogP contribution is -2.41. The van der Waals surface area contributed by atoms with E-state index in [4.69, 9.17) is 5.73 Å². The second kappa shape index (κ2) is 5.36. The summed E-state index contributed by atoms with van der Waals surface area (Å²) in [6.07, 6.45) is 0.732. The van der Waals surface area contributed by atoms with E-state index in [0.717, 1.165) is 12.0 Å². The molecule has 102 valence electrons. The molecule has 1 amide bonds. The third-order valence-corrected chi connectivity index (χ3v) is 3.41. The Hall–Kier alpha value is -1.95. The number of nitrogens with two attached hydrogens (primary N) is 1. The first kappa shape index (κ1) is 13.5. The molecule has 0 saturated carbocycles. The summed E-state index contributed by atoms with van der Waals surface area (Å²) >= 11 is 0. The van der Waals surface area contributed by atoms with Gasteiger partial charge in [0, 0.05) is 30.8 Å². The highest BCUT2D eigenvalue weighted by molar-refractivity contribution is 5.97. The second-order valence-corrected chi connectivity index (χ2v) is 4.94. The monoisotopic (exact) mass is 263 g/mol. The van der Waals surface area contributed by atoms with E-state index in [0.29, 0.717) is 25.2 Å². The zero-order valence-electron chi connectivity index (χ0n) is 10.8. The molecule has 1 aromatic carbocycles. The van der Waals surface area contributed by atoms with Crippen molar-refractivity contribution in [2.75, 3.05) is 19.6 Å². The summed E-state index contributed by atoms with van der Waals surface area (Å²) in [7, 11) is 0. The zero-order chi connectivity index (χ0) is 14.0. The van der Waals surface area contributed by atoms with Crippen molar-refractivity contribution >= 4 is 11.6 Å². The third kappa shape index (κ3) is 2.73. The number of carbonyl (C=O) groups excluding carboxylic acids is 1. The number of amides is 1. The maximum Gasteiger partial charge on any atom is 0.270 e. The van der Waals surface area contributed by atoms with E-state index in [1.54, 1.807) is 11.0 Å². The van der Waals surface area contributed by atoms with Crippen molar-refractivity contribution in [3.8, 4) is 0 Å². The number of nitro benzene ring substituents is 1. The van der Waals surface area contributed by atoms with Crippen molar-refractivity contribution in [3.63, 3.8) is 0 Å². The first-order chi connectivity index (χ1) is 9.02. The van der Waals surface area contributed by atoms with E-state index >= 15 is 0 Å². The molecular formula is C13H17N3O3. The lowest BCUT2D eigenvalue weighted by atomic mass is 9.97. The number of non-ortho nitro benzene ring substituents is 1. The van der Waals surface area contributed by atoms with Gasteiger partial charge in [-0.2, -0.15) is 0 Å². The Morgan fingerprint density at radius 1 is 1.53 bits per heavy atom. The predicted molar refractivity (Wildman–Crippen MR) is 70.9 cm³/mol. The van der Waals surface area contributed by atoms with Gasteiger partial charge in [0.15, 0.2) is 0 Å². The minimum Gasteiger partial charge on any atom is -0.338 e. The zero-order valence-corrected chi connectivity index (χ0v) is 10.8. The van der Waals surface area contributed by atoms with Crippen molar-refractivity contribution in [2.24, 2.45) is 11.7 Å². The van der Waals surface area contributed by atoms with Crippen LogP contribution in [0.2, 0.25) is 0 Å². The number of rotatable bonds is 4. The molecule has 2 N–H and O–H groups in total. The molecule has 0 aromatic heterocycles. The smallest absolute Gasteiger partial charge is 0.270 e. The van der Waals surface area contributed by atoms with Gasteiger partial charge in [-0.3, -0.25) is 14.9 Å². The molecule has 1 heterocycles. The van der Waals surface area contributed by atoms with E-state index < -0.39 is 4.92 Å². The molecule has 0 spiro atoms. The highest BCUT2D eigenvalue weighted by Gasteiger charge is 2.26. The van der Waals surface area contributed by atoms with E-state index in [-0.39, 0.29) is 17.5 Å². The minimum absolute atomic E-state index is 0.0409. The van der Waals surface area contributed by atoms with Crippen LogP contribution in [0.4, 0.5) is 5.69 Å². The molecule has 1 unspecified atom stereocenters. The van der Waals surface area contributed by atoms with E-state index in [1.165, 1.54) is 12.1 Å². The van der Waals surface area contributed by atoms with Gasteiger partial charge in [0.1, 0.15) is 0 Å². The van der Waals surface area contributed by atoms with Crippen LogP contribution in [0.3, 0.4) is 0 Å². The first-order valence-electron chi connectivity index (χ1n) is 6.29. The van der Waals surface area contributed by atoms with Gasteiger partial charge < -0.3 is 10.6 Å². The SMILES string of the molecule is CC(CN)CN1CCc2ccc([N+](=O)[O-])cc2C1=O. The van der Waals surface area contributed by atoms with Gasteiger partial charge in [0.05, 0.1) is 4.92 Å². The van der Waals surface area contributed by atoms with Crippen LogP contribution >= 0.6 is 0 Å². The van der Waals surface area contributed by atoms with Crippen molar-refractivity contribution in [3.05, 3.63) is 39.4 Å². The highest BCUT2D eigenvalue weighted by atomic mass is 16.6. The molecule has 0 fully saturated rings. The van der Waals surface area contributed by atoms with Crippen LogP contribution in [0, 0.1) is 16.0 Å². The Kier molecular flexibility index (Phi) is 3.80. The van der Waals surface area contributed by atoms with Gasteiger partial charge in [0.25, 0.3) is 11.6 Å². The summed E-state index contributed by atoms with van der Waals surface area (Å²) in [5.41, 5.74) is 6.86. The lowest BCUT2D eigenvalue weighted by molar-refractivity contribution is -0.384. The Balaban J connectivity index is 2.26. The van der Waals surface area contributed by atoms with Crippen molar-refractivity contribution in [1.82, 2.24) is 4.90 Å². The third-order valence-electron chi connectivity index (χ3n) is 3.41. The summed E-state index contributed by atoms with van der Waals surface area (Å²) in [6.45, 7) is 3.74. The fraction of sp³-hybridized carbons (Fsp3) is 0.462. The van der Waals surface area contributed by atoms with Gasteiger partial charge >= 0.3 is 0 Å². The van der Waals surface area contributed by atoms with Gasteiger partial charge in [-0.05, 0) is 24.4 Å². The average molecular weight is 263 g/mol. The Morgan fingerprint density at radius 2 is 2.26 bits per heavy atom. The predicted octanol–water partition coefficient (Wildman–Crippen LogP) is 1.19. The summed E-state index contributed by atoms with van der Waals surface area (Å²) in [5.74, 6) is 0.0921. The lowest BCUT2D eigenvalue weighted by Gasteiger charge is -2.30.